The van der Waals surface area contributed by atoms with Gasteiger partial charge in [0.25, 0.3) is 5.56 Å². The van der Waals surface area contributed by atoms with E-state index in [1.54, 1.807) is 16.8 Å². The van der Waals surface area contributed by atoms with Crippen LogP contribution in [0, 0.1) is 6.92 Å². The normalized spacial score (nSPS) is 9.83. The molecule has 0 aliphatic carbocycles. The van der Waals surface area contributed by atoms with Gasteiger partial charge in [0.1, 0.15) is 0 Å². The zero-order chi connectivity index (χ0) is 9.14. The predicted octanol–water partition coefficient (Wildman–Crippen LogP) is 2.07. The van der Waals surface area contributed by atoms with Crippen LogP contribution in [-0.2, 0) is 6.54 Å². The van der Waals surface area contributed by atoms with E-state index in [1.807, 2.05) is 13.0 Å². The highest BCUT2D eigenvalue weighted by Crippen LogP contribution is 2.02. The van der Waals surface area contributed by atoms with Crippen LogP contribution in [0.15, 0.2) is 34.2 Å². The molecular weight excluding hydrogens is 218 g/mol. The van der Waals surface area contributed by atoms with Crippen molar-refractivity contribution in [3.8, 4) is 0 Å². The van der Waals surface area contributed by atoms with Crippen LogP contribution in [0.4, 0.5) is 0 Å². The highest BCUT2D eigenvalue weighted by atomic mass is 79.9. The molecule has 0 aromatic carbocycles. The van der Waals surface area contributed by atoms with Gasteiger partial charge in [0.2, 0.25) is 0 Å². The van der Waals surface area contributed by atoms with Crippen molar-refractivity contribution in [3.05, 3.63) is 45.3 Å². The molecule has 0 unspecified atom stereocenters. The first-order valence-electron chi connectivity index (χ1n) is 3.60. The zero-order valence-electron chi connectivity index (χ0n) is 6.88. The first-order chi connectivity index (χ1) is 5.59. The molecule has 1 rings (SSSR count). The lowest BCUT2D eigenvalue weighted by molar-refractivity contribution is 0.772. The molecule has 0 spiro atoms. The van der Waals surface area contributed by atoms with Crippen LogP contribution in [-0.4, -0.2) is 4.57 Å². The number of halogens is 1. The summed E-state index contributed by atoms with van der Waals surface area (Å²) in [5, 5.41) is 0. The lowest BCUT2D eigenvalue weighted by Gasteiger charge is -2.03. The molecule has 0 bridgehead atoms. The highest BCUT2D eigenvalue weighted by molar-refractivity contribution is 9.11. The molecule has 0 saturated carbocycles. The van der Waals surface area contributed by atoms with Crippen LogP contribution in [0.2, 0.25) is 0 Å². The van der Waals surface area contributed by atoms with E-state index in [1.165, 1.54) is 0 Å². The smallest absolute Gasteiger partial charge is 0.251 e. The Kier molecular flexibility index (Phi) is 2.87. The van der Waals surface area contributed by atoms with Gasteiger partial charge in [0, 0.05) is 16.7 Å². The maximum Gasteiger partial charge on any atom is 0.251 e. The summed E-state index contributed by atoms with van der Waals surface area (Å²) < 4.78 is 2.40. The first-order valence-corrected chi connectivity index (χ1v) is 4.39. The van der Waals surface area contributed by atoms with Gasteiger partial charge in [-0.05, 0) is 18.6 Å². The van der Waals surface area contributed by atoms with Crippen LogP contribution < -0.4 is 5.56 Å². The number of aromatic nitrogens is 1. The minimum absolute atomic E-state index is 0.00981. The predicted molar refractivity (Wildman–Crippen MR) is 53.5 cm³/mol. The van der Waals surface area contributed by atoms with Crippen molar-refractivity contribution >= 4 is 15.9 Å². The van der Waals surface area contributed by atoms with Crippen molar-refractivity contribution < 1.29 is 0 Å². The second-order valence-electron chi connectivity index (χ2n) is 2.69. The van der Waals surface area contributed by atoms with Gasteiger partial charge in [0.05, 0.1) is 6.54 Å². The quantitative estimate of drug-likeness (QED) is 0.759. The molecule has 0 N–H and O–H groups in total. The van der Waals surface area contributed by atoms with Crippen molar-refractivity contribution in [2.24, 2.45) is 0 Å². The number of allylic oxidation sites excluding steroid dienone is 1. The van der Waals surface area contributed by atoms with E-state index >= 15 is 0 Å². The minimum atomic E-state index is 0.00981. The Labute approximate surface area is 79.7 Å². The Bertz CT molecular complexity index is 354. The average Bonchev–Trinajstić information content (AvgIpc) is 1.94. The highest BCUT2D eigenvalue weighted by Gasteiger charge is 1.95. The lowest BCUT2D eigenvalue weighted by Crippen LogP contribution is -2.18. The van der Waals surface area contributed by atoms with Gasteiger partial charge in [0.15, 0.2) is 0 Å². The third-order valence-corrected chi connectivity index (χ3v) is 1.74. The van der Waals surface area contributed by atoms with Crippen LogP contribution in [0.5, 0.6) is 0 Å². The van der Waals surface area contributed by atoms with Crippen molar-refractivity contribution in [2.45, 2.75) is 13.5 Å². The molecule has 0 atom stereocenters. The number of hydrogen-bond donors (Lipinski definition) is 0. The molecule has 0 radical (unpaired) electrons. The van der Waals surface area contributed by atoms with Gasteiger partial charge in [-0.3, -0.25) is 4.79 Å². The van der Waals surface area contributed by atoms with Gasteiger partial charge in [-0.1, -0.05) is 22.5 Å². The summed E-state index contributed by atoms with van der Waals surface area (Å²) in [4.78, 5) is 11.3. The Morgan fingerprint density at radius 3 is 2.92 bits per heavy atom. The van der Waals surface area contributed by atoms with Gasteiger partial charge < -0.3 is 4.57 Å². The van der Waals surface area contributed by atoms with E-state index in [0.29, 0.717) is 6.54 Å². The summed E-state index contributed by atoms with van der Waals surface area (Å²) in [6, 6.07) is 3.51. The first kappa shape index (κ1) is 9.26. The Balaban J connectivity index is 3.02. The van der Waals surface area contributed by atoms with Gasteiger partial charge in [-0.25, -0.2) is 0 Å². The molecule has 0 fully saturated rings. The summed E-state index contributed by atoms with van der Waals surface area (Å²) in [5.74, 6) is 0. The van der Waals surface area contributed by atoms with E-state index in [9.17, 15) is 4.79 Å². The van der Waals surface area contributed by atoms with Crippen LogP contribution in [0.25, 0.3) is 0 Å². The largest absolute Gasteiger partial charge is 0.311 e. The molecule has 64 valence electrons. The van der Waals surface area contributed by atoms with Gasteiger partial charge in [-0.15, -0.1) is 0 Å². The van der Waals surface area contributed by atoms with E-state index < -0.39 is 0 Å². The molecule has 0 aliphatic heterocycles. The van der Waals surface area contributed by atoms with E-state index in [2.05, 4.69) is 22.5 Å². The number of nitrogens with zero attached hydrogens (tertiary/aromatic N) is 1. The van der Waals surface area contributed by atoms with Crippen molar-refractivity contribution in [1.82, 2.24) is 4.57 Å². The molecule has 0 aliphatic rings. The Morgan fingerprint density at radius 1 is 1.75 bits per heavy atom. The van der Waals surface area contributed by atoms with Crippen molar-refractivity contribution in [3.63, 3.8) is 0 Å². The molecule has 12 heavy (non-hydrogen) atoms. The SMILES string of the molecule is C=C(Br)Cn1ccc(C)cc1=O. The molecule has 0 amide bonds. The molecule has 3 heteroatoms. The van der Waals surface area contributed by atoms with Crippen molar-refractivity contribution in [2.75, 3.05) is 0 Å². The topological polar surface area (TPSA) is 22.0 Å². The standard InChI is InChI=1S/C9H10BrNO/c1-7-3-4-11(6-8(2)10)9(12)5-7/h3-5H,2,6H2,1H3. The monoisotopic (exact) mass is 227 g/mol. The maximum absolute atomic E-state index is 11.3. The third kappa shape index (κ3) is 2.34. The molecule has 2 nitrogen and oxygen atoms in total. The average molecular weight is 228 g/mol. The number of hydrogen-bond acceptors (Lipinski definition) is 1. The van der Waals surface area contributed by atoms with Crippen LogP contribution in [0.3, 0.4) is 0 Å². The Hall–Kier alpha value is -0.830. The summed E-state index contributed by atoms with van der Waals surface area (Å²) in [5.41, 5.74) is 0.993. The summed E-state index contributed by atoms with van der Waals surface area (Å²) in [7, 11) is 0. The summed E-state index contributed by atoms with van der Waals surface area (Å²) >= 11 is 3.21. The molecule has 1 aromatic heterocycles. The Morgan fingerprint density at radius 2 is 2.42 bits per heavy atom. The summed E-state index contributed by atoms with van der Waals surface area (Å²) in [6.45, 7) is 6.10. The molecule has 1 heterocycles. The van der Waals surface area contributed by atoms with E-state index in [4.69, 9.17) is 0 Å². The number of aryl methyl sites for hydroxylation is 1. The lowest BCUT2D eigenvalue weighted by atomic mass is 10.3. The number of rotatable bonds is 2. The second-order valence-corrected chi connectivity index (χ2v) is 3.81. The fourth-order valence-electron chi connectivity index (χ4n) is 0.922. The second kappa shape index (κ2) is 3.72. The van der Waals surface area contributed by atoms with E-state index in [0.717, 1.165) is 10.0 Å². The molecular formula is C9H10BrNO. The van der Waals surface area contributed by atoms with Gasteiger partial charge >= 0.3 is 0 Å². The third-order valence-electron chi connectivity index (χ3n) is 1.49. The van der Waals surface area contributed by atoms with E-state index in [-0.39, 0.29) is 5.56 Å². The van der Waals surface area contributed by atoms with Crippen LogP contribution >= 0.6 is 15.9 Å². The molecule has 0 saturated heterocycles. The van der Waals surface area contributed by atoms with Crippen molar-refractivity contribution in [1.29, 1.82) is 0 Å². The fourth-order valence-corrected chi connectivity index (χ4v) is 1.19. The maximum atomic E-state index is 11.3. The number of pyridine rings is 1. The summed E-state index contributed by atoms with van der Waals surface area (Å²) in [6.07, 6.45) is 1.77. The minimum Gasteiger partial charge on any atom is -0.311 e. The molecule has 1 aromatic rings. The van der Waals surface area contributed by atoms with Gasteiger partial charge in [-0.2, -0.15) is 0 Å². The zero-order valence-corrected chi connectivity index (χ0v) is 8.47. The van der Waals surface area contributed by atoms with Crippen LogP contribution in [0.1, 0.15) is 5.56 Å². The fraction of sp³-hybridized carbons (Fsp3) is 0.222.